The SMILES string of the molecule is CN(CCCC(=O)OC(C)(C)C)C(=O)[C@H]1CCc2c(sc3ncnc(Nc4ccn5nccc5c4)c23)C1.CN(CCN)C(=O)[C@H]1CCc2c(sc3ncnc(Nc4ccn5nccc5c4)c23)C1. The summed E-state index contributed by atoms with van der Waals surface area (Å²) in [7, 11) is 3.66. The monoisotopic (exact) mass is 941 g/mol. The van der Waals surface area contributed by atoms with Crippen LogP contribution < -0.4 is 16.4 Å². The molecule has 2 atom stereocenters. The Morgan fingerprint density at radius 1 is 0.746 bits per heavy atom. The first-order valence-corrected chi connectivity index (χ1v) is 24.3. The van der Waals surface area contributed by atoms with Gasteiger partial charge in [-0.05, 0) is 113 Å². The molecule has 0 saturated heterocycles. The number of likely N-dealkylation sites (N-methyl/N-ethyl adjacent to an activating group) is 1. The first-order valence-electron chi connectivity index (χ1n) is 22.6. The van der Waals surface area contributed by atoms with Crippen molar-refractivity contribution >= 4 is 94.9 Å². The number of anilines is 4. The van der Waals surface area contributed by atoms with E-state index in [1.54, 1.807) is 57.5 Å². The van der Waals surface area contributed by atoms with Crippen molar-refractivity contribution in [1.29, 1.82) is 0 Å². The smallest absolute Gasteiger partial charge is 0.306 e. The van der Waals surface area contributed by atoms with E-state index in [9.17, 15) is 14.4 Å². The van der Waals surface area contributed by atoms with Crippen molar-refractivity contribution in [3.05, 3.63) is 94.7 Å². The number of aryl methyl sites for hydroxylation is 2. The summed E-state index contributed by atoms with van der Waals surface area (Å²) in [6.45, 7) is 7.19. The van der Waals surface area contributed by atoms with Crippen LogP contribution in [-0.2, 0) is 44.8 Å². The van der Waals surface area contributed by atoms with Gasteiger partial charge in [0.2, 0.25) is 11.8 Å². The Balaban J connectivity index is 0.000000171. The van der Waals surface area contributed by atoms with Gasteiger partial charge in [0, 0.05) is 97.9 Å². The van der Waals surface area contributed by atoms with Crippen LogP contribution in [0, 0.1) is 11.8 Å². The van der Waals surface area contributed by atoms with Crippen LogP contribution in [0.1, 0.15) is 67.3 Å². The summed E-state index contributed by atoms with van der Waals surface area (Å²) in [6, 6.07) is 12.0. The fourth-order valence-corrected chi connectivity index (χ4v) is 11.5. The lowest BCUT2D eigenvalue weighted by Crippen LogP contribution is -2.38. The lowest BCUT2D eigenvalue weighted by molar-refractivity contribution is -0.155. The Labute approximate surface area is 395 Å². The maximum atomic E-state index is 13.2. The topological polar surface area (TPSA) is 203 Å². The number of aromatic nitrogens is 8. The van der Waals surface area contributed by atoms with Crippen molar-refractivity contribution in [2.45, 2.75) is 77.7 Å². The highest BCUT2D eigenvalue weighted by molar-refractivity contribution is 7.19. The zero-order valence-electron chi connectivity index (χ0n) is 38.4. The van der Waals surface area contributed by atoms with Gasteiger partial charge in [-0.25, -0.2) is 29.0 Å². The molecule has 0 aliphatic heterocycles. The van der Waals surface area contributed by atoms with Crippen molar-refractivity contribution in [2.24, 2.45) is 17.6 Å². The number of carbonyl (C=O) groups excluding carboxylic acids is 3. The molecule has 8 heterocycles. The van der Waals surface area contributed by atoms with Gasteiger partial charge < -0.3 is 30.9 Å². The van der Waals surface area contributed by atoms with E-state index < -0.39 is 5.60 Å². The summed E-state index contributed by atoms with van der Waals surface area (Å²) in [6.07, 6.45) is 16.2. The molecule has 0 aromatic carbocycles. The number of ether oxygens (including phenoxy) is 1. The number of fused-ring (bicyclic) bond motifs is 8. The molecule has 8 aromatic rings. The van der Waals surface area contributed by atoms with Crippen LogP contribution in [0.2, 0.25) is 0 Å². The van der Waals surface area contributed by atoms with E-state index in [0.717, 1.165) is 86.6 Å². The predicted octanol–water partition coefficient (Wildman–Crippen LogP) is 7.37. The number of pyridine rings is 2. The van der Waals surface area contributed by atoms with E-state index in [1.165, 1.54) is 20.9 Å². The molecule has 2 aliphatic carbocycles. The highest BCUT2D eigenvalue weighted by Gasteiger charge is 2.32. The number of amides is 2. The third kappa shape index (κ3) is 10.1. The number of hydrogen-bond acceptors (Lipinski definition) is 15. The normalized spacial score (nSPS) is 15.7. The van der Waals surface area contributed by atoms with Crippen LogP contribution >= 0.6 is 22.7 Å². The van der Waals surface area contributed by atoms with Gasteiger partial charge in [-0.15, -0.1) is 22.7 Å². The van der Waals surface area contributed by atoms with E-state index in [2.05, 4.69) is 40.8 Å². The van der Waals surface area contributed by atoms with Crippen LogP contribution in [0.25, 0.3) is 31.5 Å². The molecule has 8 aromatic heterocycles. The fraction of sp³-hybridized carbons (Fsp3) is 0.396. The third-order valence-corrected chi connectivity index (χ3v) is 14.5. The molecule has 0 radical (unpaired) electrons. The van der Waals surface area contributed by atoms with Crippen LogP contribution in [0.5, 0.6) is 0 Å². The first kappa shape index (κ1) is 45.6. The number of nitrogens with zero attached hydrogens (tertiary/aromatic N) is 10. The Morgan fingerprint density at radius 3 is 1.72 bits per heavy atom. The summed E-state index contributed by atoms with van der Waals surface area (Å²) < 4.78 is 9.01. The Kier molecular flexibility index (Phi) is 13.2. The Morgan fingerprint density at radius 2 is 1.24 bits per heavy atom. The van der Waals surface area contributed by atoms with Crippen molar-refractivity contribution < 1.29 is 19.1 Å². The van der Waals surface area contributed by atoms with Gasteiger partial charge >= 0.3 is 5.97 Å². The predicted molar refractivity (Wildman–Crippen MR) is 262 cm³/mol. The van der Waals surface area contributed by atoms with Gasteiger partial charge in [-0.3, -0.25) is 14.4 Å². The van der Waals surface area contributed by atoms with Gasteiger partial charge in [0.25, 0.3) is 0 Å². The van der Waals surface area contributed by atoms with Gasteiger partial charge in [-0.2, -0.15) is 10.2 Å². The highest BCUT2D eigenvalue weighted by Crippen LogP contribution is 2.42. The summed E-state index contributed by atoms with van der Waals surface area (Å²) in [5.74, 6) is 1.63. The number of esters is 1. The van der Waals surface area contributed by atoms with Gasteiger partial charge in [0.05, 0.1) is 21.8 Å². The molecular weight excluding hydrogens is 887 g/mol. The van der Waals surface area contributed by atoms with E-state index >= 15 is 0 Å². The molecule has 348 valence electrons. The van der Waals surface area contributed by atoms with E-state index in [4.69, 9.17) is 10.5 Å². The van der Waals surface area contributed by atoms with Gasteiger partial charge in [0.15, 0.2) is 0 Å². The molecule has 10 rings (SSSR count). The zero-order chi connectivity index (χ0) is 46.8. The van der Waals surface area contributed by atoms with Crippen molar-refractivity contribution in [3.8, 4) is 0 Å². The second-order valence-corrected chi connectivity index (χ2v) is 20.3. The standard InChI is InChI=1S/C27H32N6O3S.C21H23N7OS/c1-27(2,3)36-22(34)6-5-12-32(4)26(35)17-7-8-20-21(14-17)37-25-23(20)24(28-16-29-25)31-18-10-13-33-19(15-18)9-11-30-33;1-27(9-6-22)21(29)13-2-3-16-17(10-13)30-20-18(16)19(23-12-24-20)26-14-5-8-28-15(11-14)4-7-25-28/h9-11,13,15-17H,5-8,12,14H2,1-4H3,(H,28,29,31);4-5,7-8,11-13H,2-3,6,9-10,22H2,1H3,(H,23,24,26)/t17-;13-/m00/s1. The minimum atomic E-state index is -0.490. The Bertz CT molecular complexity index is 3100. The van der Waals surface area contributed by atoms with Crippen LogP contribution in [-0.4, -0.2) is 106 Å². The number of nitrogens with two attached hydrogens (primary N) is 1. The van der Waals surface area contributed by atoms with Crippen molar-refractivity contribution in [2.75, 3.05) is 44.4 Å². The highest BCUT2D eigenvalue weighted by atomic mass is 32.1. The van der Waals surface area contributed by atoms with E-state index in [-0.39, 0.29) is 29.6 Å². The Hall–Kier alpha value is -6.57. The average molecular weight is 942 g/mol. The lowest BCUT2D eigenvalue weighted by atomic mass is 9.87. The molecule has 0 saturated carbocycles. The summed E-state index contributed by atoms with van der Waals surface area (Å²) >= 11 is 3.33. The molecule has 0 bridgehead atoms. The number of rotatable bonds is 12. The third-order valence-electron chi connectivity index (χ3n) is 12.2. The van der Waals surface area contributed by atoms with Crippen LogP contribution in [0.3, 0.4) is 0 Å². The molecule has 0 spiro atoms. The number of hydrogen-bond donors (Lipinski definition) is 3. The van der Waals surface area contributed by atoms with Crippen LogP contribution in [0.4, 0.5) is 23.0 Å². The minimum absolute atomic E-state index is 0.00996. The quantitative estimate of drug-likeness (QED) is 0.103. The fourth-order valence-electron chi connectivity index (χ4n) is 8.99. The molecule has 19 heteroatoms. The van der Waals surface area contributed by atoms with E-state index in [1.807, 2.05) is 92.7 Å². The van der Waals surface area contributed by atoms with E-state index in [0.29, 0.717) is 38.9 Å². The molecule has 4 N–H and O–H groups in total. The summed E-state index contributed by atoms with van der Waals surface area (Å²) in [4.78, 5) is 63.9. The average Bonchev–Trinajstić information content (AvgIpc) is 4.12. The number of nitrogens with one attached hydrogen (secondary N) is 2. The number of thiophene rings is 2. The second-order valence-electron chi connectivity index (χ2n) is 18.2. The zero-order valence-corrected chi connectivity index (χ0v) is 40.0. The first-order chi connectivity index (χ1) is 32.3. The molecule has 2 aliphatic rings. The summed E-state index contributed by atoms with van der Waals surface area (Å²) in [5.41, 5.74) is 11.5. The minimum Gasteiger partial charge on any atom is -0.460 e. The molecule has 2 amide bonds. The molecule has 0 fully saturated rings. The molecule has 0 unspecified atom stereocenters. The number of carbonyl (C=O) groups is 3. The van der Waals surface area contributed by atoms with Gasteiger partial charge in [-0.1, -0.05) is 0 Å². The second kappa shape index (κ2) is 19.3. The lowest BCUT2D eigenvalue weighted by Gasteiger charge is -2.27. The summed E-state index contributed by atoms with van der Waals surface area (Å²) in [5, 5.41) is 17.5. The largest absolute Gasteiger partial charge is 0.460 e. The van der Waals surface area contributed by atoms with Crippen LogP contribution in [0.15, 0.2) is 73.8 Å². The van der Waals surface area contributed by atoms with Gasteiger partial charge in [0.1, 0.15) is 39.6 Å². The molecule has 67 heavy (non-hydrogen) atoms. The van der Waals surface area contributed by atoms with Crippen molar-refractivity contribution in [3.63, 3.8) is 0 Å². The maximum absolute atomic E-state index is 13.2. The maximum Gasteiger partial charge on any atom is 0.306 e. The molecule has 17 nitrogen and oxygen atoms in total. The molecular formula is C48H55N13O4S2. The van der Waals surface area contributed by atoms with Crippen molar-refractivity contribution in [1.82, 2.24) is 49.0 Å².